The molecule has 0 fully saturated rings. The molecule has 0 aliphatic carbocycles. The van der Waals surface area contributed by atoms with Crippen LogP contribution in [0.3, 0.4) is 0 Å². The molecule has 2 heteroatoms. The van der Waals surface area contributed by atoms with E-state index in [2.05, 4.69) is 11.1 Å². The van der Waals surface area contributed by atoms with Gasteiger partial charge in [0.1, 0.15) is 5.54 Å². The van der Waals surface area contributed by atoms with Crippen molar-refractivity contribution in [3.63, 3.8) is 0 Å². The highest BCUT2D eigenvalue weighted by Crippen LogP contribution is 2.08. The van der Waals surface area contributed by atoms with Gasteiger partial charge in [-0.3, -0.25) is 4.99 Å². The molecule has 0 aliphatic rings. The van der Waals surface area contributed by atoms with Gasteiger partial charge in [0.25, 0.3) is 0 Å². The number of nitrogens with zero attached hydrogens (tertiary/aromatic N) is 2. The number of hydrogen-bond donors (Lipinski definition) is 0. The van der Waals surface area contributed by atoms with E-state index < -0.39 is 5.54 Å². The summed E-state index contributed by atoms with van der Waals surface area (Å²) < 4.78 is 0. The zero-order chi connectivity index (χ0) is 9.61. The summed E-state index contributed by atoms with van der Waals surface area (Å²) in [5.74, 6) is 0. The van der Waals surface area contributed by atoms with E-state index in [-0.39, 0.29) is 0 Å². The van der Waals surface area contributed by atoms with Gasteiger partial charge in [-0.15, -0.1) is 0 Å². The Hall–Kier alpha value is -1.10. The van der Waals surface area contributed by atoms with Crippen LogP contribution in [0.2, 0.25) is 0 Å². The fraction of sp³-hybridized carbons (Fsp3) is 0.600. The Bertz CT molecular complexity index is 229. The van der Waals surface area contributed by atoms with E-state index in [0.29, 0.717) is 0 Å². The average molecular weight is 164 g/mol. The van der Waals surface area contributed by atoms with Gasteiger partial charge in [-0.25, -0.2) is 0 Å². The van der Waals surface area contributed by atoms with Crippen molar-refractivity contribution >= 4 is 5.71 Å². The first-order valence-electron chi connectivity index (χ1n) is 4.18. The van der Waals surface area contributed by atoms with Crippen LogP contribution in [0.1, 0.15) is 34.1 Å². The van der Waals surface area contributed by atoms with E-state index in [9.17, 15) is 0 Å². The molecule has 0 aromatic rings. The molecule has 0 saturated carbocycles. The van der Waals surface area contributed by atoms with Crippen molar-refractivity contribution in [2.24, 2.45) is 4.99 Å². The zero-order valence-electron chi connectivity index (χ0n) is 8.26. The van der Waals surface area contributed by atoms with Gasteiger partial charge < -0.3 is 0 Å². The Morgan fingerprint density at radius 1 is 1.58 bits per heavy atom. The molecule has 0 atom stereocenters. The predicted molar refractivity (Wildman–Crippen MR) is 52.2 cm³/mol. The number of aliphatic imine (C=N–C) groups is 1. The van der Waals surface area contributed by atoms with Crippen molar-refractivity contribution in [3.8, 4) is 6.07 Å². The molecular weight excluding hydrogens is 148 g/mol. The monoisotopic (exact) mass is 164 g/mol. The van der Waals surface area contributed by atoms with Crippen LogP contribution in [0.5, 0.6) is 0 Å². The van der Waals surface area contributed by atoms with Crippen LogP contribution in [0.4, 0.5) is 0 Å². The molecule has 0 bridgehead atoms. The van der Waals surface area contributed by atoms with Crippen LogP contribution < -0.4 is 0 Å². The van der Waals surface area contributed by atoms with Gasteiger partial charge >= 0.3 is 0 Å². The van der Waals surface area contributed by atoms with Gasteiger partial charge in [0.15, 0.2) is 0 Å². The van der Waals surface area contributed by atoms with Crippen molar-refractivity contribution in [1.82, 2.24) is 0 Å². The Balaban J connectivity index is 4.61. The van der Waals surface area contributed by atoms with Crippen molar-refractivity contribution in [1.29, 1.82) is 5.26 Å². The lowest BCUT2D eigenvalue weighted by Gasteiger charge is -2.10. The van der Waals surface area contributed by atoms with Crippen molar-refractivity contribution in [2.45, 2.75) is 39.7 Å². The maximum absolute atomic E-state index is 8.73. The molecule has 66 valence electrons. The van der Waals surface area contributed by atoms with Crippen LogP contribution in [0.15, 0.2) is 17.1 Å². The second-order valence-electron chi connectivity index (χ2n) is 3.13. The highest BCUT2D eigenvalue weighted by atomic mass is 14.8. The Kier molecular flexibility index (Phi) is 4.28. The Morgan fingerprint density at radius 3 is 2.50 bits per heavy atom. The van der Waals surface area contributed by atoms with Gasteiger partial charge in [-0.05, 0) is 33.3 Å². The molecule has 0 radical (unpaired) electrons. The lowest BCUT2D eigenvalue weighted by Crippen LogP contribution is -2.15. The molecule has 0 saturated heterocycles. The van der Waals surface area contributed by atoms with E-state index in [1.165, 1.54) is 0 Å². The van der Waals surface area contributed by atoms with E-state index in [1.54, 1.807) is 0 Å². The van der Waals surface area contributed by atoms with Gasteiger partial charge in [0.05, 0.1) is 6.07 Å². The zero-order valence-corrected chi connectivity index (χ0v) is 8.26. The normalized spacial score (nSPS) is 13.4. The molecule has 0 unspecified atom stereocenters. The second kappa shape index (κ2) is 4.71. The third kappa shape index (κ3) is 3.92. The van der Waals surface area contributed by atoms with Crippen LogP contribution in [-0.2, 0) is 0 Å². The van der Waals surface area contributed by atoms with Crippen LogP contribution in [-0.4, -0.2) is 11.3 Å². The second-order valence-corrected chi connectivity index (χ2v) is 3.13. The fourth-order valence-electron chi connectivity index (χ4n) is 0.811. The first-order chi connectivity index (χ1) is 5.55. The minimum atomic E-state index is -0.592. The molecule has 0 aromatic heterocycles. The highest BCUT2D eigenvalue weighted by Gasteiger charge is 2.13. The molecule has 0 spiro atoms. The lowest BCUT2D eigenvalue weighted by atomic mass is 10.1. The van der Waals surface area contributed by atoms with Gasteiger partial charge in [-0.2, -0.15) is 5.26 Å². The van der Waals surface area contributed by atoms with E-state index >= 15 is 0 Å². The number of rotatable bonds is 3. The summed E-state index contributed by atoms with van der Waals surface area (Å²) in [6, 6.07) is 2.14. The fourth-order valence-corrected chi connectivity index (χ4v) is 0.811. The van der Waals surface area contributed by atoms with Crippen LogP contribution in [0.25, 0.3) is 0 Å². The molecule has 0 aliphatic heterocycles. The van der Waals surface area contributed by atoms with E-state index in [1.807, 2.05) is 39.8 Å². The van der Waals surface area contributed by atoms with Crippen molar-refractivity contribution in [3.05, 3.63) is 12.2 Å². The first kappa shape index (κ1) is 10.9. The molecule has 0 amide bonds. The number of hydrogen-bond acceptors (Lipinski definition) is 2. The molecule has 0 N–H and O–H groups in total. The van der Waals surface area contributed by atoms with Gasteiger partial charge in [-0.1, -0.05) is 13.0 Å². The number of allylic oxidation sites excluding steroid dienone is 2. The Labute approximate surface area is 74.6 Å². The molecule has 0 heterocycles. The highest BCUT2D eigenvalue weighted by molar-refractivity contribution is 5.95. The summed E-state index contributed by atoms with van der Waals surface area (Å²) >= 11 is 0. The average Bonchev–Trinajstić information content (AvgIpc) is 2.03. The van der Waals surface area contributed by atoms with Gasteiger partial charge in [0.2, 0.25) is 0 Å². The topological polar surface area (TPSA) is 36.1 Å². The molecular formula is C10H16N2. The summed E-state index contributed by atoms with van der Waals surface area (Å²) in [4.78, 5) is 4.30. The third-order valence-corrected chi connectivity index (χ3v) is 1.42. The maximum Gasteiger partial charge on any atom is 0.141 e. The molecule has 12 heavy (non-hydrogen) atoms. The van der Waals surface area contributed by atoms with Crippen molar-refractivity contribution < 1.29 is 0 Å². The first-order valence-corrected chi connectivity index (χ1v) is 4.18. The minimum absolute atomic E-state index is 0.592. The lowest BCUT2D eigenvalue weighted by molar-refractivity contribution is 0.672. The summed E-state index contributed by atoms with van der Waals surface area (Å²) in [6.45, 7) is 7.61. The maximum atomic E-state index is 8.73. The SMILES string of the molecule is C/C=C\C(CC)=NC(C)(C)C#N. The smallest absolute Gasteiger partial charge is 0.141 e. The Morgan fingerprint density at radius 2 is 2.17 bits per heavy atom. The summed E-state index contributed by atoms with van der Waals surface area (Å²) in [5, 5.41) is 8.73. The summed E-state index contributed by atoms with van der Waals surface area (Å²) in [5.41, 5.74) is 0.384. The van der Waals surface area contributed by atoms with Crippen LogP contribution in [0, 0.1) is 11.3 Å². The summed E-state index contributed by atoms with van der Waals surface area (Å²) in [7, 11) is 0. The third-order valence-electron chi connectivity index (χ3n) is 1.42. The largest absolute Gasteiger partial charge is 0.269 e. The predicted octanol–water partition coefficient (Wildman–Crippen LogP) is 2.72. The molecule has 0 aromatic carbocycles. The van der Waals surface area contributed by atoms with E-state index in [0.717, 1.165) is 12.1 Å². The molecule has 2 nitrogen and oxygen atoms in total. The van der Waals surface area contributed by atoms with Crippen LogP contribution >= 0.6 is 0 Å². The summed E-state index contributed by atoms with van der Waals surface area (Å²) in [6.07, 6.45) is 4.75. The minimum Gasteiger partial charge on any atom is -0.269 e. The van der Waals surface area contributed by atoms with Gasteiger partial charge in [0, 0.05) is 5.71 Å². The number of nitriles is 1. The van der Waals surface area contributed by atoms with Crippen molar-refractivity contribution in [2.75, 3.05) is 0 Å². The standard InChI is InChI=1S/C10H16N2/c1-5-7-9(6-2)12-10(3,4)8-11/h5,7H,6H2,1-4H3/b7-5-,12-9?. The quantitative estimate of drug-likeness (QED) is 0.591. The van der Waals surface area contributed by atoms with E-state index in [4.69, 9.17) is 5.26 Å². The molecule has 0 rings (SSSR count).